The Morgan fingerprint density at radius 2 is 1.30 bits per heavy atom. The first-order valence-corrected chi connectivity index (χ1v) is 23.5. The Balaban J connectivity index is 1.11. The Kier molecular flexibility index (Phi) is 7.59. The highest BCUT2D eigenvalue weighted by Gasteiger charge is 2.38. The SMILES string of the molecule is CC(C)(C)c1ccc(Nc2cc3sc4cc(C(C)(C)C)ccc4c3cc2-c2ccc3c4c5oc6ccccc6c5ccc4n4c3c2[B]c2cc3c(cc2-4)-c2ccccc2C3(C)C)cc1. The fourth-order valence-electron chi connectivity index (χ4n) is 11.1. The molecule has 3 aromatic heterocycles. The average Bonchev–Trinajstić information content (AvgIpc) is 3.99. The van der Waals surface area contributed by atoms with Crippen LogP contribution >= 0.6 is 11.3 Å². The summed E-state index contributed by atoms with van der Waals surface area (Å²) in [5.41, 5.74) is 20.5. The van der Waals surface area contributed by atoms with E-state index in [4.69, 9.17) is 4.42 Å². The number of furan rings is 1. The Hall–Kier alpha value is -6.56. The van der Waals surface area contributed by atoms with Crippen LogP contribution in [0.4, 0.5) is 11.4 Å². The summed E-state index contributed by atoms with van der Waals surface area (Å²) in [6.07, 6.45) is 0. The van der Waals surface area contributed by atoms with Crippen molar-refractivity contribution in [1.82, 2.24) is 4.57 Å². The van der Waals surface area contributed by atoms with E-state index in [1.807, 2.05) is 11.3 Å². The van der Waals surface area contributed by atoms with Crippen LogP contribution in [0.15, 0.2) is 144 Å². The molecule has 13 rings (SSSR count). The number of thiophene rings is 1. The van der Waals surface area contributed by atoms with E-state index < -0.39 is 0 Å². The lowest BCUT2D eigenvalue weighted by atomic mass is 9.58. The molecule has 8 aromatic carbocycles. The van der Waals surface area contributed by atoms with Crippen molar-refractivity contribution < 1.29 is 4.42 Å². The van der Waals surface area contributed by atoms with Gasteiger partial charge in [0, 0.05) is 69.9 Å². The minimum atomic E-state index is -0.124. The average molecular weight is 844 g/mol. The van der Waals surface area contributed by atoms with Crippen LogP contribution in [-0.4, -0.2) is 11.8 Å². The summed E-state index contributed by atoms with van der Waals surface area (Å²) in [4.78, 5) is 0. The van der Waals surface area contributed by atoms with Crippen LogP contribution < -0.4 is 16.2 Å². The molecule has 1 aliphatic heterocycles. The number of anilines is 2. The van der Waals surface area contributed by atoms with Crippen molar-refractivity contribution >= 4 is 105 Å². The molecule has 309 valence electrons. The minimum Gasteiger partial charge on any atom is -0.455 e. The van der Waals surface area contributed by atoms with E-state index >= 15 is 0 Å². The molecule has 1 radical (unpaired) electrons. The van der Waals surface area contributed by atoms with Gasteiger partial charge in [0.15, 0.2) is 7.28 Å². The zero-order valence-corrected chi connectivity index (χ0v) is 38.4. The highest BCUT2D eigenvalue weighted by Crippen LogP contribution is 2.51. The lowest BCUT2D eigenvalue weighted by Crippen LogP contribution is -2.38. The van der Waals surface area contributed by atoms with Gasteiger partial charge in [0.1, 0.15) is 11.2 Å². The van der Waals surface area contributed by atoms with E-state index in [0.717, 1.165) is 44.2 Å². The third-order valence-electron chi connectivity index (χ3n) is 14.5. The highest BCUT2D eigenvalue weighted by molar-refractivity contribution is 7.25. The van der Waals surface area contributed by atoms with E-state index in [0.29, 0.717) is 0 Å². The molecule has 1 aliphatic carbocycles. The Bertz CT molecular complexity index is 3830. The molecule has 3 nitrogen and oxygen atoms in total. The zero-order valence-electron chi connectivity index (χ0n) is 37.6. The van der Waals surface area contributed by atoms with Gasteiger partial charge in [-0.05, 0) is 110 Å². The van der Waals surface area contributed by atoms with Crippen molar-refractivity contribution in [2.45, 2.75) is 71.6 Å². The summed E-state index contributed by atoms with van der Waals surface area (Å²) in [6.45, 7) is 18.5. The Morgan fingerprint density at radius 1 is 0.578 bits per heavy atom. The van der Waals surface area contributed by atoms with Crippen LogP contribution in [0.1, 0.15) is 77.6 Å². The third-order valence-corrected chi connectivity index (χ3v) is 15.7. The molecule has 64 heavy (non-hydrogen) atoms. The summed E-state index contributed by atoms with van der Waals surface area (Å²) < 4.78 is 12.0. The second kappa shape index (κ2) is 12.8. The molecule has 2 aliphatic rings. The molecule has 11 aromatic rings. The van der Waals surface area contributed by atoms with Gasteiger partial charge in [-0.3, -0.25) is 0 Å². The van der Waals surface area contributed by atoms with Crippen LogP contribution in [0.25, 0.3) is 91.9 Å². The van der Waals surface area contributed by atoms with Crippen LogP contribution in [0, 0.1) is 0 Å². The van der Waals surface area contributed by atoms with Crippen molar-refractivity contribution in [3.8, 4) is 27.9 Å². The first-order valence-electron chi connectivity index (χ1n) is 22.7. The lowest BCUT2D eigenvalue weighted by molar-refractivity contribution is 0.590. The molecule has 0 amide bonds. The predicted octanol–water partition coefficient (Wildman–Crippen LogP) is 15.3. The smallest absolute Gasteiger partial charge is 0.197 e. The standard InChI is InChI=1S/C59H48BN2OS/c1-57(2,3)32-17-20-34(21-18-32)61-47-31-52-43(37-22-19-33(58(4,5)6)27-51(37)64-52)28-42(47)38-23-24-40-53-48(26-25-39-36-14-10-12-16-50(36)63-56(39)53)62-49-29-41-35-13-9-11-15-44(35)59(7,8)45(41)30-46(49)60-54(38)55(40)62/h9-31,61H,1-8H3. The topological polar surface area (TPSA) is 30.1 Å². The van der Waals surface area contributed by atoms with Gasteiger partial charge in [-0.15, -0.1) is 11.3 Å². The van der Waals surface area contributed by atoms with Crippen LogP contribution in [0.3, 0.4) is 0 Å². The molecule has 1 N–H and O–H groups in total. The molecule has 0 spiro atoms. The molecule has 0 saturated heterocycles. The molecule has 0 bridgehead atoms. The van der Waals surface area contributed by atoms with Gasteiger partial charge < -0.3 is 14.3 Å². The second-order valence-corrected chi connectivity index (χ2v) is 22.0. The summed E-state index contributed by atoms with van der Waals surface area (Å²) in [5.74, 6) is 0. The predicted molar refractivity (Wildman–Crippen MR) is 276 cm³/mol. The monoisotopic (exact) mass is 843 g/mol. The van der Waals surface area contributed by atoms with Gasteiger partial charge in [0.2, 0.25) is 0 Å². The van der Waals surface area contributed by atoms with Crippen LogP contribution in [0.5, 0.6) is 0 Å². The number of fused-ring (bicyclic) bond motifs is 15. The number of aromatic nitrogens is 1. The molecule has 0 fully saturated rings. The van der Waals surface area contributed by atoms with Crippen LogP contribution in [0.2, 0.25) is 0 Å². The molecular formula is C59H48BN2OS. The minimum absolute atomic E-state index is 0.0657. The third kappa shape index (κ3) is 5.28. The molecule has 5 heteroatoms. The van der Waals surface area contributed by atoms with E-state index in [1.54, 1.807) is 0 Å². The number of hydrogen-bond acceptors (Lipinski definition) is 3. The largest absolute Gasteiger partial charge is 0.455 e. The zero-order chi connectivity index (χ0) is 43.6. The van der Waals surface area contributed by atoms with Gasteiger partial charge >= 0.3 is 0 Å². The highest BCUT2D eigenvalue weighted by atomic mass is 32.1. The van der Waals surface area contributed by atoms with Gasteiger partial charge in [0.25, 0.3) is 0 Å². The maximum absolute atomic E-state index is 6.83. The summed E-state index contributed by atoms with van der Waals surface area (Å²) in [7, 11) is 2.48. The van der Waals surface area contributed by atoms with Gasteiger partial charge in [-0.2, -0.15) is 0 Å². The normalized spacial score (nSPS) is 14.2. The van der Waals surface area contributed by atoms with Crippen molar-refractivity contribution in [3.63, 3.8) is 0 Å². The number of rotatable bonds is 3. The van der Waals surface area contributed by atoms with Gasteiger partial charge in [-0.25, -0.2) is 0 Å². The van der Waals surface area contributed by atoms with Crippen molar-refractivity contribution in [1.29, 1.82) is 0 Å². The quantitative estimate of drug-likeness (QED) is 0.180. The van der Waals surface area contributed by atoms with E-state index in [-0.39, 0.29) is 16.2 Å². The Morgan fingerprint density at radius 3 is 2.11 bits per heavy atom. The van der Waals surface area contributed by atoms with E-state index in [9.17, 15) is 0 Å². The molecular weight excluding hydrogens is 796 g/mol. The van der Waals surface area contributed by atoms with Gasteiger partial charge in [0.05, 0.1) is 10.9 Å². The fraction of sp³-hybridized carbons (Fsp3) is 0.186. The fourth-order valence-corrected chi connectivity index (χ4v) is 12.2. The van der Waals surface area contributed by atoms with Crippen molar-refractivity contribution in [2.75, 3.05) is 5.32 Å². The molecule has 4 heterocycles. The Labute approximate surface area is 378 Å². The van der Waals surface area contributed by atoms with Crippen molar-refractivity contribution in [3.05, 3.63) is 162 Å². The molecule has 0 atom stereocenters. The summed E-state index contributed by atoms with van der Waals surface area (Å²) in [5, 5.41) is 11.2. The number of benzene rings is 8. The van der Waals surface area contributed by atoms with Gasteiger partial charge in [-0.1, -0.05) is 146 Å². The maximum Gasteiger partial charge on any atom is 0.197 e. The summed E-state index contributed by atoms with van der Waals surface area (Å²) in [6, 6.07) is 52.7. The number of nitrogens with zero attached hydrogens (tertiary/aromatic N) is 1. The molecule has 0 unspecified atom stereocenters. The summed E-state index contributed by atoms with van der Waals surface area (Å²) >= 11 is 1.89. The van der Waals surface area contributed by atoms with Crippen molar-refractivity contribution in [2.24, 2.45) is 0 Å². The van der Waals surface area contributed by atoms with E-state index in [2.05, 4.69) is 212 Å². The second-order valence-electron chi connectivity index (χ2n) is 20.9. The number of hydrogen-bond donors (Lipinski definition) is 1. The first-order chi connectivity index (χ1) is 30.7. The molecule has 0 saturated carbocycles. The van der Waals surface area contributed by atoms with Crippen LogP contribution in [-0.2, 0) is 16.2 Å². The number of nitrogens with one attached hydrogen (secondary N) is 1. The first kappa shape index (κ1) is 38.0. The lowest BCUT2D eigenvalue weighted by Gasteiger charge is -2.27. The number of para-hydroxylation sites is 1. The maximum atomic E-state index is 6.83. The van der Waals surface area contributed by atoms with E-state index in [1.165, 1.54) is 92.2 Å².